The normalized spacial score (nSPS) is 12.7. The lowest BCUT2D eigenvalue weighted by atomic mass is 10.0. The molecule has 0 radical (unpaired) electrons. The highest BCUT2D eigenvalue weighted by Crippen LogP contribution is 2.18. The summed E-state index contributed by atoms with van der Waals surface area (Å²) in [5.74, 6) is -0.0589. The average molecular weight is 1070 g/mol. The topological polar surface area (TPSA) is 95.9 Å². The van der Waals surface area contributed by atoms with E-state index in [-0.39, 0.29) is 18.5 Å². The molecule has 0 saturated carbocycles. The first-order valence-corrected chi connectivity index (χ1v) is 34.3. The minimum Gasteiger partial charge on any atom is -0.466 e. The molecule has 0 aromatic heterocycles. The van der Waals surface area contributed by atoms with E-state index < -0.39 is 12.1 Å². The number of hydrogen-bond donors (Lipinski definition) is 3. The molecule has 0 heterocycles. The molecule has 0 bridgehead atoms. The second kappa shape index (κ2) is 65.6. The van der Waals surface area contributed by atoms with Crippen LogP contribution in [0.4, 0.5) is 0 Å². The number of esters is 1. The van der Waals surface area contributed by atoms with Crippen molar-refractivity contribution in [1.82, 2.24) is 5.32 Å². The fourth-order valence-electron chi connectivity index (χ4n) is 10.7. The minimum absolute atomic E-state index is 0.00393. The molecule has 448 valence electrons. The molecule has 3 N–H and O–H groups in total. The van der Waals surface area contributed by atoms with Crippen molar-refractivity contribution in [2.75, 3.05) is 13.2 Å². The number of aliphatic hydroxyl groups is 2. The molecule has 6 nitrogen and oxygen atoms in total. The van der Waals surface area contributed by atoms with Crippen molar-refractivity contribution in [1.29, 1.82) is 0 Å². The molecule has 0 aromatic rings. The van der Waals surface area contributed by atoms with Crippen LogP contribution in [0.3, 0.4) is 0 Å². The quantitative estimate of drug-likeness (QED) is 0.0320. The molecule has 0 aromatic carbocycles. The summed E-state index contributed by atoms with van der Waals surface area (Å²) in [4.78, 5) is 24.6. The molecule has 6 heteroatoms. The number of allylic oxidation sites excluding steroid dienone is 5. The summed E-state index contributed by atoms with van der Waals surface area (Å²) in [6.07, 6.45) is 83.5. The molecule has 0 aliphatic carbocycles. The number of rotatable bonds is 64. The predicted octanol–water partition coefficient (Wildman–Crippen LogP) is 21.9. The minimum atomic E-state index is -0.843. The summed E-state index contributed by atoms with van der Waals surface area (Å²) in [6.45, 7) is 4.90. The fraction of sp³-hybridized carbons (Fsp3) is 0.886. The third kappa shape index (κ3) is 61.3. The van der Waals surface area contributed by atoms with Crippen LogP contribution in [0.1, 0.15) is 373 Å². The Bertz CT molecular complexity index is 1230. The molecule has 0 aliphatic heterocycles. The van der Waals surface area contributed by atoms with E-state index in [0.717, 1.165) is 51.4 Å². The lowest BCUT2D eigenvalue weighted by Crippen LogP contribution is -2.45. The molecule has 2 unspecified atom stereocenters. The van der Waals surface area contributed by atoms with Crippen molar-refractivity contribution in [2.45, 2.75) is 386 Å². The standard InChI is InChI=1S/C70H133NO5/c1-3-5-7-9-11-13-15-17-19-31-35-38-42-46-50-54-58-62-68(73)67(66-72)71-69(74)63-59-55-51-47-43-39-36-32-29-27-25-23-21-20-22-24-26-28-30-33-37-41-45-49-53-57-61-65-76-70(75)64-60-56-52-48-44-40-34-18-16-14-12-10-8-6-4-2/h12,14,18,34,58,62,67-68,72-73H,3-11,13,15-17,19-33,35-57,59-61,63-66H2,1-2H3,(H,71,74)/b14-12-,34-18-,62-58+. The van der Waals surface area contributed by atoms with E-state index in [0.29, 0.717) is 19.4 Å². The number of nitrogens with one attached hydrogen (secondary N) is 1. The van der Waals surface area contributed by atoms with Gasteiger partial charge >= 0.3 is 5.97 Å². The van der Waals surface area contributed by atoms with Crippen molar-refractivity contribution in [2.24, 2.45) is 0 Å². The Morgan fingerprint density at radius 1 is 0.368 bits per heavy atom. The van der Waals surface area contributed by atoms with E-state index in [1.54, 1.807) is 6.08 Å². The first-order chi connectivity index (χ1) is 37.5. The molecule has 0 aliphatic rings. The number of unbranched alkanes of at least 4 members (excludes halogenated alkanes) is 49. The van der Waals surface area contributed by atoms with Crippen LogP contribution >= 0.6 is 0 Å². The van der Waals surface area contributed by atoms with E-state index in [1.807, 2.05) is 6.08 Å². The molecule has 2 atom stereocenters. The predicted molar refractivity (Wildman–Crippen MR) is 333 cm³/mol. The fourth-order valence-corrected chi connectivity index (χ4v) is 10.7. The Labute approximate surface area is 474 Å². The first kappa shape index (κ1) is 74.1. The average Bonchev–Trinajstić information content (AvgIpc) is 3.42. The summed E-state index contributed by atoms with van der Waals surface area (Å²) in [6, 6.07) is -0.626. The van der Waals surface area contributed by atoms with Gasteiger partial charge in [-0.2, -0.15) is 0 Å². The van der Waals surface area contributed by atoms with Crippen LogP contribution in [0.5, 0.6) is 0 Å². The molecule has 0 saturated heterocycles. The summed E-state index contributed by atoms with van der Waals surface area (Å²) >= 11 is 0. The molecule has 0 spiro atoms. The van der Waals surface area contributed by atoms with Crippen LogP contribution in [0.2, 0.25) is 0 Å². The Balaban J connectivity index is 3.37. The molecular formula is C70H133NO5. The Morgan fingerprint density at radius 3 is 1.03 bits per heavy atom. The molecule has 1 amide bonds. The van der Waals surface area contributed by atoms with Crippen LogP contribution in [0, 0.1) is 0 Å². The van der Waals surface area contributed by atoms with Gasteiger partial charge in [0.1, 0.15) is 0 Å². The van der Waals surface area contributed by atoms with Gasteiger partial charge in [-0.3, -0.25) is 9.59 Å². The maximum absolute atomic E-state index is 12.5. The van der Waals surface area contributed by atoms with Crippen LogP contribution in [0.15, 0.2) is 36.5 Å². The number of aliphatic hydroxyl groups excluding tert-OH is 2. The van der Waals surface area contributed by atoms with E-state index in [2.05, 4.69) is 43.5 Å². The number of carbonyl (C=O) groups excluding carboxylic acids is 2. The van der Waals surface area contributed by atoms with Gasteiger partial charge in [0.05, 0.1) is 25.4 Å². The molecule has 0 rings (SSSR count). The maximum atomic E-state index is 12.5. The lowest BCUT2D eigenvalue weighted by Gasteiger charge is -2.20. The SMILES string of the molecule is CCCCC/C=C\C/C=C\CCCCCCCC(=O)OCCCCCCCCCCCCCCCCCCCCCCCCCCCCCC(=O)NC(CO)C(O)/C=C/CCCCCCCCCCCCCCCCC. The van der Waals surface area contributed by atoms with Gasteiger partial charge < -0.3 is 20.3 Å². The second-order valence-corrected chi connectivity index (χ2v) is 23.5. The highest BCUT2D eigenvalue weighted by Gasteiger charge is 2.18. The first-order valence-electron chi connectivity index (χ1n) is 34.3. The van der Waals surface area contributed by atoms with Crippen molar-refractivity contribution < 1.29 is 24.5 Å². The lowest BCUT2D eigenvalue weighted by molar-refractivity contribution is -0.143. The van der Waals surface area contributed by atoms with Gasteiger partial charge in [0.25, 0.3) is 0 Å². The zero-order chi connectivity index (χ0) is 55.0. The summed E-state index contributed by atoms with van der Waals surface area (Å²) < 4.78 is 5.49. The summed E-state index contributed by atoms with van der Waals surface area (Å²) in [5, 5.41) is 23.2. The Hall–Kier alpha value is -1.92. The zero-order valence-corrected chi connectivity index (χ0v) is 51.3. The van der Waals surface area contributed by atoms with Crippen LogP contribution in [-0.2, 0) is 14.3 Å². The van der Waals surface area contributed by atoms with Crippen LogP contribution in [-0.4, -0.2) is 47.4 Å². The van der Waals surface area contributed by atoms with Crippen molar-refractivity contribution in [3.05, 3.63) is 36.5 Å². The molecular weight excluding hydrogens is 935 g/mol. The van der Waals surface area contributed by atoms with Gasteiger partial charge in [-0.15, -0.1) is 0 Å². The highest BCUT2D eigenvalue weighted by atomic mass is 16.5. The third-order valence-corrected chi connectivity index (χ3v) is 15.9. The van der Waals surface area contributed by atoms with Crippen molar-refractivity contribution in [3.63, 3.8) is 0 Å². The molecule has 0 fully saturated rings. The van der Waals surface area contributed by atoms with E-state index in [1.165, 1.54) is 295 Å². The summed E-state index contributed by atoms with van der Waals surface area (Å²) in [5.41, 5.74) is 0. The number of hydrogen-bond acceptors (Lipinski definition) is 5. The van der Waals surface area contributed by atoms with E-state index >= 15 is 0 Å². The smallest absolute Gasteiger partial charge is 0.305 e. The van der Waals surface area contributed by atoms with E-state index in [9.17, 15) is 19.8 Å². The summed E-state index contributed by atoms with van der Waals surface area (Å²) in [7, 11) is 0. The Morgan fingerprint density at radius 2 is 0.658 bits per heavy atom. The molecule has 76 heavy (non-hydrogen) atoms. The number of carbonyl (C=O) groups is 2. The van der Waals surface area contributed by atoms with Gasteiger partial charge in [0.15, 0.2) is 0 Å². The highest BCUT2D eigenvalue weighted by molar-refractivity contribution is 5.76. The van der Waals surface area contributed by atoms with Gasteiger partial charge in [-0.25, -0.2) is 0 Å². The number of amides is 1. The second-order valence-electron chi connectivity index (χ2n) is 23.5. The van der Waals surface area contributed by atoms with Gasteiger partial charge in [0, 0.05) is 12.8 Å². The van der Waals surface area contributed by atoms with Crippen LogP contribution < -0.4 is 5.32 Å². The number of ether oxygens (including phenoxy) is 1. The van der Waals surface area contributed by atoms with Crippen LogP contribution in [0.25, 0.3) is 0 Å². The third-order valence-electron chi connectivity index (χ3n) is 15.9. The van der Waals surface area contributed by atoms with Crippen molar-refractivity contribution >= 4 is 11.9 Å². The van der Waals surface area contributed by atoms with Gasteiger partial charge in [-0.05, 0) is 64.2 Å². The largest absolute Gasteiger partial charge is 0.466 e. The monoisotopic (exact) mass is 1070 g/mol. The van der Waals surface area contributed by atoms with E-state index in [4.69, 9.17) is 4.74 Å². The van der Waals surface area contributed by atoms with Gasteiger partial charge in [0.2, 0.25) is 5.91 Å². The maximum Gasteiger partial charge on any atom is 0.305 e. The Kier molecular flexibility index (Phi) is 63.9. The van der Waals surface area contributed by atoms with Crippen molar-refractivity contribution in [3.8, 4) is 0 Å². The zero-order valence-electron chi connectivity index (χ0n) is 51.3. The van der Waals surface area contributed by atoms with Gasteiger partial charge in [-0.1, -0.05) is 333 Å².